The number of nitrogen functional groups attached to an aromatic ring is 1. The number of nitrogens with two attached hydrogens (primary N) is 1. The van der Waals surface area contributed by atoms with Gasteiger partial charge in [-0.25, -0.2) is 14.6 Å². The van der Waals surface area contributed by atoms with E-state index >= 15 is 0 Å². The van der Waals surface area contributed by atoms with Crippen molar-refractivity contribution in [3.05, 3.63) is 48.8 Å². The standard InChI is InChI=1S/C20H22N6O2/c1-28-11-5-8-16(27)25-10-9-15(12-25)26-20-17(19(21)22-13-23-20)18(24-26)14-6-3-2-4-7-14/h2-8,13,15H,9-12H2,1H3,(H2,21,22,23)/b8-5+. The smallest absolute Gasteiger partial charge is 0.246 e. The fraction of sp³-hybridized carbons (Fsp3) is 0.300. The molecule has 1 unspecified atom stereocenters. The number of hydrogen-bond acceptors (Lipinski definition) is 6. The van der Waals surface area contributed by atoms with Crippen molar-refractivity contribution in [3.63, 3.8) is 0 Å². The number of carbonyl (C=O) groups excluding carboxylic acids is 1. The molecule has 3 aromatic rings. The highest BCUT2D eigenvalue weighted by molar-refractivity contribution is 5.98. The Kier molecular flexibility index (Phi) is 5.03. The Balaban J connectivity index is 1.67. The molecule has 0 saturated carbocycles. The van der Waals surface area contributed by atoms with Gasteiger partial charge in [0.2, 0.25) is 5.91 Å². The molecular weight excluding hydrogens is 356 g/mol. The van der Waals surface area contributed by atoms with Gasteiger partial charge < -0.3 is 15.4 Å². The Bertz CT molecular complexity index is 1010. The second kappa shape index (κ2) is 7.77. The minimum absolute atomic E-state index is 0.0200. The molecule has 0 radical (unpaired) electrons. The fourth-order valence-corrected chi connectivity index (χ4v) is 3.54. The first-order valence-corrected chi connectivity index (χ1v) is 9.17. The van der Waals surface area contributed by atoms with Crippen LogP contribution in [0, 0.1) is 0 Å². The average Bonchev–Trinajstić information content (AvgIpc) is 3.34. The number of nitrogens with zero attached hydrogens (tertiary/aromatic N) is 5. The van der Waals surface area contributed by atoms with Gasteiger partial charge in [-0.05, 0) is 6.42 Å². The summed E-state index contributed by atoms with van der Waals surface area (Å²) in [5.74, 6) is 0.386. The molecule has 1 aliphatic rings. The van der Waals surface area contributed by atoms with E-state index < -0.39 is 0 Å². The van der Waals surface area contributed by atoms with Crippen LogP contribution in [-0.2, 0) is 9.53 Å². The van der Waals surface area contributed by atoms with Crippen molar-refractivity contribution in [2.75, 3.05) is 32.5 Å². The number of anilines is 1. The number of amides is 1. The normalized spacial score (nSPS) is 17.0. The van der Waals surface area contributed by atoms with E-state index in [1.165, 1.54) is 6.33 Å². The molecule has 1 aliphatic heterocycles. The molecule has 0 spiro atoms. The van der Waals surface area contributed by atoms with Crippen LogP contribution >= 0.6 is 0 Å². The highest BCUT2D eigenvalue weighted by Crippen LogP contribution is 2.33. The third-order valence-corrected chi connectivity index (χ3v) is 4.91. The van der Waals surface area contributed by atoms with Crippen LogP contribution in [0.25, 0.3) is 22.3 Å². The van der Waals surface area contributed by atoms with E-state index in [0.717, 1.165) is 23.1 Å². The van der Waals surface area contributed by atoms with Gasteiger partial charge in [0.05, 0.1) is 18.0 Å². The number of hydrogen-bond donors (Lipinski definition) is 1. The third kappa shape index (κ3) is 3.34. The van der Waals surface area contributed by atoms with Crippen LogP contribution in [0.2, 0.25) is 0 Å². The van der Waals surface area contributed by atoms with Gasteiger partial charge in [0.25, 0.3) is 0 Å². The lowest BCUT2D eigenvalue weighted by Gasteiger charge is -2.15. The number of methoxy groups -OCH3 is 1. The van der Waals surface area contributed by atoms with Gasteiger partial charge in [0.15, 0.2) is 5.65 Å². The maximum absolute atomic E-state index is 12.3. The van der Waals surface area contributed by atoms with Crippen LogP contribution in [0.4, 0.5) is 5.82 Å². The SMILES string of the molecule is COC/C=C/C(=O)N1CCC(n2nc(-c3ccccc3)c3c(N)ncnc32)C1. The van der Waals surface area contributed by atoms with Crippen LogP contribution in [0.3, 0.4) is 0 Å². The maximum Gasteiger partial charge on any atom is 0.246 e. The summed E-state index contributed by atoms with van der Waals surface area (Å²) in [6.45, 7) is 1.66. The number of fused-ring (bicyclic) bond motifs is 1. The summed E-state index contributed by atoms with van der Waals surface area (Å²) in [6.07, 6.45) is 5.54. The molecule has 1 atom stereocenters. The first-order valence-electron chi connectivity index (χ1n) is 9.17. The van der Waals surface area contributed by atoms with Gasteiger partial charge in [-0.2, -0.15) is 5.10 Å². The van der Waals surface area contributed by atoms with Gasteiger partial charge in [0, 0.05) is 31.8 Å². The summed E-state index contributed by atoms with van der Waals surface area (Å²) >= 11 is 0. The summed E-state index contributed by atoms with van der Waals surface area (Å²) in [5.41, 5.74) is 8.58. The van der Waals surface area contributed by atoms with Crippen molar-refractivity contribution in [2.45, 2.75) is 12.5 Å². The van der Waals surface area contributed by atoms with E-state index in [1.807, 2.05) is 39.9 Å². The highest BCUT2D eigenvalue weighted by atomic mass is 16.5. The minimum atomic E-state index is -0.0200. The van der Waals surface area contributed by atoms with Crippen molar-refractivity contribution in [1.29, 1.82) is 0 Å². The maximum atomic E-state index is 12.3. The van der Waals surface area contributed by atoms with Gasteiger partial charge in [-0.3, -0.25) is 4.79 Å². The molecule has 144 valence electrons. The third-order valence-electron chi connectivity index (χ3n) is 4.91. The van der Waals surface area contributed by atoms with E-state index in [0.29, 0.717) is 31.2 Å². The zero-order valence-corrected chi connectivity index (χ0v) is 15.7. The molecule has 0 bridgehead atoms. The van der Waals surface area contributed by atoms with Crippen LogP contribution < -0.4 is 5.73 Å². The first kappa shape index (κ1) is 18.1. The molecular formula is C20H22N6O2. The molecule has 8 heteroatoms. The second-order valence-electron chi connectivity index (χ2n) is 6.70. The van der Waals surface area contributed by atoms with Crippen molar-refractivity contribution < 1.29 is 9.53 Å². The van der Waals surface area contributed by atoms with E-state index in [2.05, 4.69) is 9.97 Å². The lowest BCUT2D eigenvalue weighted by Crippen LogP contribution is -2.27. The lowest BCUT2D eigenvalue weighted by molar-refractivity contribution is -0.125. The molecule has 0 aliphatic carbocycles. The van der Waals surface area contributed by atoms with Crippen LogP contribution in [0.1, 0.15) is 12.5 Å². The summed E-state index contributed by atoms with van der Waals surface area (Å²) in [5, 5.41) is 5.58. The largest absolute Gasteiger partial charge is 0.383 e. The van der Waals surface area contributed by atoms with Gasteiger partial charge in [0.1, 0.15) is 17.8 Å². The van der Waals surface area contributed by atoms with Crippen LogP contribution in [0.15, 0.2) is 48.8 Å². The zero-order chi connectivity index (χ0) is 19.5. The van der Waals surface area contributed by atoms with Crippen molar-refractivity contribution in [1.82, 2.24) is 24.6 Å². The molecule has 2 aromatic heterocycles. The summed E-state index contributed by atoms with van der Waals surface area (Å²) < 4.78 is 6.84. The predicted molar refractivity (Wildman–Crippen MR) is 106 cm³/mol. The number of rotatable bonds is 5. The quantitative estimate of drug-likeness (QED) is 0.682. The second-order valence-corrected chi connectivity index (χ2v) is 6.70. The van der Waals surface area contributed by atoms with E-state index in [4.69, 9.17) is 15.6 Å². The average molecular weight is 378 g/mol. The number of benzene rings is 1. The molecule has 1 fully saturated rings. The minimum Gasteiger partial charge on any atom is -0.383 e. The zero-order valence-electron chi connectivity index (χ0n) is 15.7. The Morgan fingerprint density at radius 3 is 2.93 bits per heavy atom. The summed E-state index contributed by atoms with van der Waals surface area (Å²) in [4.78, 5) is 22.8. The monoisotopic (exact) mass is 378 g/mol. The predicted octanol–water partition coefficient (Wildman–Crippen LogP) is 2.05. The van der Waals surface area contributed by atoms with Gasteiger partial charge in [-0.1, -0.05) is 36.4 Å². The van der Waals surface area contributed by atoms with E-state index in [1.54, 1.807) is 19.3 Å². The lowest BCUT2D eigenvalue weighted by atomic mass is 10.1. The summed E-state index contributed by atoms with van der Waals surface area (Å²) in [6, 6.07) is 9.90. The van der Waals surface area contributed by atoms with E-state index in [-0.39, 0.29) is 11.9 Å². The van der Waals surface area contributed by atoms with Gasteiger partial charge in [-0.15, -0.1) is 0 Å². The van der Waals surface area contributed by atoms with Gasteiger partial charge >= 0.3 is 0 Å². The molecule has 1 aromatic carbocycles. The molecule has 1 saturated heterocycles. The van der Waals surface area contributed by atoms with Crippen LogP contribution in [0.5, 0.6) is 0 Å². The Hall–Kier alpha value is -3.26. The molecule has 28 heavy (non-hydrogen) atoms. The molecule has 2 N–H and O–H groups in total. The van der Waals surface area contributed by atoms with Crippen molar-refractivity contribution in [3.8, 4) is 11.3 Å². The van der Waals surface area contributed by atoms with E-state index in [9.17, 15) is 4.79 Å². The number of aromatic nitrogens is 4. The molecule has 8 nitrogen and oxygen atoms in total. The highest BCUT2D eigenvalue weighted by Gasteiger charge is 2.30. The molecule has 4 rings (SSSR count). The molecule has 1 amide bonds. The first-order chi connectivity index (χ1) is 13.7. The number of likely N-dealkylation sites (tertiary alicyclic amines) is 1. The summed E-state index contributed by atoms with van der Waals surface area (Å²) in [7, 11) is 1.60. The van der Waals surface area contributed by atoms with Crippen LogP contribution in [-0.4, -0.2) is 57.4 Å². The topological polar surface area (TPSA) is 99.2 Å². The fourth-order valence-electron chi connectivity index (χ4n) is 3.54. The Morgan fingerprint density at radius 2 is 2.14 bits per heavy atom. The van der Waals surface area contributed by atoms with Crippen molar-refractivity contribution in [2.24, 2.45) is 0 Å². The Morgan fingerprint density at radius 1 is 1.32 bits per heavy atom. The number of ether oxygens (including phenoxy) is 1. The number of carbonyl (C=O) groups is 1. The Labute approximate surface area is 162 Å². The van der Waals surface area contributed by atoms with Crippen molar-refractivity contribution >= 4 is 22.8 Å². The molecule has 3 heterocycles.